The van der Waals surface area contributed by atoms with E-state index in [-0.39, 0.29) is 18.1 Å². The number of nitrogens with one attached hydrogen (secondary N) is 1. The van der Waals surface area contributed by atoms with Crippen molar-refractivity contribution in [2.45, 2.75) is 44.3 Å². The third-order valence-electron chi connectivity index (χ3n) is 5.91. The number of carboxylic acid groups (broad SMARTS) is 1. The van der Waals surface area contributed by atoms with E-state index in [0.717, 1.165) is 11.1 Å². The number of hydrogen-bond donors (Lipinski definition) is 2. The lowest BCUT2D eigenvalue weighted by atomic mass is 10.0. The second-order valence-electron chi connectivity index (χ2n) is 8.52. The largest absolute Gasteiger partial charge is 0.480 e. The molecule has 0 aliphatic carbocycles. The number of carbonyl (C=O) groups excluding carboxylic acids is 2. The maximum Gasteiger partial charge on any atom is 0.323 e. The molecule has 0 bridgehead atoms. The molecule has 3 rings (SSSR count). The minimum atomic E-state index is -1.39. The average molecular weight is 501 g/mol. The molecule has 1 saturated heterocycles. The minimum absolute atomic E-state index is 0.00147. The predicted octanol–water partition coefficient (Wildman–Crippen LogP) is 1.80. The molecular formula is C26H32N2O6S. The Labute approximate surface area is 208 Å². The minimum Gasteiger partial charge on any atom is -0.480 e. The van der Waals surface area contributed by atoms with Crippen molar-refractivity contribution in [1.82, 2.24) is 10.2 Å². The summed E-state index contributed by atoms with van der Waals surface area (Å²) >= 11 is 0. The highest BCUT2D eigenvalue weighted by Crippen LogP contribution is 2.18. The highest BCUT2D eigenvalue weighted by Gasteiger charge is 2.38. The van der Waals surface area contributed by atoms with Gasteiger partial charge < -0.3 is 14.7 Å². The second-order valence-corrected chi connectivity index (χ2v) is 10.1. The molecule has 8 nitrogen and oxygen atoms in total. The molecule has 1 amide bonds. The Hall–Kier alpha value is -3.04. The summed E-state index contributed by atoms with van der Waals surface area (Å²) in [6.45, 7) is 1.40. The summed E-state index contributed by atoms with van der Waals surface area (Å²) in [4.78, 5) is 39.1. The molecule has 4 unspecified atom stereocenters. The van der Waals surface area contributed by atoms with E-state index in [1.54, 1.807) is 6.92 Å². The van der Waals surface area contributed by atoms with Gasteiger partial charge in [-0.2, -0.15) is 0 Å². The van der Waals surface area contributed by atoms with Crippen LogP contribution in [-0.4, -0.2) is 74.8 Å². The van der Waals surface area contributed by atoms with Gasteiger partial charge in [-0.25, -0.2) is 0 Å². The van der Waals surface area contributed by atoms with Crippen LogP contribution in [0.1, 0.15) is 24.5 Å². The van der Waals surface area contributed by atoms with Gasteiger partial charge in [0.2, 0.25) is 5.91 Å². The summed E-state index contributed by atoms with van der Waals surface area (Å²) in [5, 5.41) is 12.6. The van der Waals surface area contributed by atoms with Crippen LogP contribution in [0.3, 0.4) is 0 Å². The normalized spacial score (nSPS) is 21.2. The number of hydrogen-bond acceptors (Lipinski definition) is 6. The first kappa shape index (κ1) is 26.6. The van der Waals surface area contributed by atoms with Gasteiger partial charge in [0.25, 0.3) is 0 Å². The fourth-order valence-corrected chi connectivity index (χ4v) is 5.72. The Bertz CT molecular complexity index is 1020. The van der Waals surface area contributed by atoms with Gasteiger partial charge in [0.15, 0.2) is 0 Å². The first-order chi connectivity index (χ1) is 16.9. The SMILES string of the molecule is CCOC(=O)C(CCc1ccccc1)NC1CS(=O)CC(Cc2ccccc2)N(CC(=O)O)C1=O. The quantitative estimate of drug-likeness (QED) is 0.453. The maximum absolute atomic E-state index is 13.5. The molecule has 1 aliphatic rings. The van der Waals surface area contributed by atoms with Gasteiger partial charge >= 0.3 is 11.9 Å². The average Bonchev–Trinajstić information content (AvgIpc) is 2.94. The molecule has 2 N–H and O–H groups in total. The Morgan fingerprint density at radius 2 is 1.71 bits per heavy atom. The Balaban J connectivity index is 1.81. The monoisotopic (exact) mass is 500 g/mol. The first-order valence-electron chi connectivity index (χ1n) is 11.7. The van der Waals surface area contributed by atoms with E-state index < -0.39 is 53.3 Å². The Morgan fingerprint density at radius 3 is 2.31 bits per heavy atom. The standard InChI is InChI=1S/C26H32N2O6S/c1-2-34-26(32)22(14-13-19-9-5-3-6-10-19)27-23-18-35(33)17-21(15-20-11-7-4-8-12-20)28(25(23)31)16-24(29)30/h3-12,21-23,27H,2,13-18H2,1H3,(H,29,30). The lowest BCUT2D eigenvalue weighted by molar-refractivity contribution is -0.149. The van der Waals surface area contributed by atoms with Gasteiger partial charge in [0.1, 0.15) is 12.6 Å². The fourth-order valence-electron chi connectivity index (χ4n) is 4.25. The fraction of sp³-hybridized carbons (Fsp3) is 0.423. The van der Waals surface area contributed by atoms with Crippen molar-refractivity contribution < 1.29 is 28.4 Å². The molecule has 4 atom stereocenters. The van der Waals surface area contributed by atoms with Crippen LogP contribution in [0, 0.1) is 0 Å². The molecule has 2 aromatic rings. The number of aliphatic carboxylic acids is 1. The van der Waals surface area contributed by atoms with Crippen molar-refractivity contribution in [3.05, 3.63) is 71.8 Å². The molecule has 1 fully saturated rings. The van der Waals surface area contributed by atoms with E-state index in [4.69, 9.17) is 4.74 Å². The summed E-state index contributed by atoms with van der Waals surface area (Å²) in [6, 6.07) is 16.8. The van der Waals surface area contributed by atoms with Crippen LogP contribution >= 0.6 is 0 Å². The van der Waals surface area contributed by atoms with Gasteiger partial charge in [-0.15, -0.1) is 0 Å². The number of ether oxygens (including phenoxy) is 1. The van der Waals surface area contributed by atoms with Crippen LogP contribution in [0.2, 0.25) is 0 Å². The number of esters is 1. The third-order valence-corrected chi connectivity index (χ3v) is 7.37. The van der Waals surface area contributed by atoms with Gasteiger partial charge in [0, 0.05) is 28.3 Å². The van der Waals surface area contributed by atoms with Crippen LogP contribution in [0.5, 0.6) is 0 Å². The van der Waals surface area contributed by atoms with E-state index >= 15 is 0 Å². The lowest BCUT2D eigenvalue weighted by Crippen LogP contribution is -2.56. The molecule has 1 heterocycles. The number of amides is 1. The summed E-state index contributed by atoms with van der Waals surface area (Å²) in [5.74, 6) is -1.93. The molecule has 188 valence electrons. The molecule has 2 aromatic carbocycles. The first-order valence-corrected chi connectivity index (χ1v) is 13.2. The van der Waals surface area contributed by atoms with Crippen LogP contribution in [0.25, 0.3) is 0 Å². The van der Waals surface area contributed by atoms with Gasteiger partial charge in [-0.1, -0.05) is 60.7 Å². The highest BCUT2D eigenvalue weighted by molar-refractivity contribution is 7.85. The van der Waals surface area contributed by atoms with Crippen molar-refractivity contribution in [1.29, 1.82) is 0 Å². The Kier molecular flexibility index (Phi) is 9.98. The number of benzene rings is 2. The zero-order chi connectivity index (χ0) is 25.2. The molecule has 0 radical (unpaired) electrons. The zero-order valence-corrected chi connectivity index (χ0v) is 20.6. The van der Waals surface area contributed by atoms with Gasteiger partial charge in [-0.05, 0) is 37.3 Å². The van der Waals surface area contributed by atoms with E-state index in [1.165, 1.54) is 4.90 Å². The molecule has 0 saturated carbocycles. The van der Waals surface area contributed by atoms with Crippen molar-refractivity contribution in [2.75, 3.05) is 24.7 Å². The molecule has 35 heavy (non-hydrogen) atoms. The van der Waals surface area contributed by atoms with Crippen LogP contribution < -0.4 is 5.32 Å². The number of carboxylic acids is 1. The maximum atomic E-state index is 13.5. The van der Waals surface area contributed by atoms with Gasteiger partial charge in [-0.3, -0.25) is 23.9 Å². The van der Waals surface area contributed by atoms with Crippen LogP contribution in [0.15, 0.2) is 60.7 Å². The lowest BCUT2D eigenvalue weighted by Gasteiger charge is -2.31. The Morgan fingerprint density at radius 1 is 1.09 bits per heavy atom. The van der Waals surface area contributed by atoms with E-state index in [0.29, 0.717) is 19.3 Å². The number of aryl methyl sites for hydroxylation is 1. The smallest absolute Gasteiger partial charge is 0.323 e. The topological polar surface area (TPSA) is 113 Å². The molecule has 0 aromatic heterocycles. The van der Waals surface area contributed by atoms with E-state index in [9.17, 15) is 23.7 Å². The summed E-state index contributed by atoms with van der Waals surface area (Å²) in [6.07, 6.45) is 1.36. The van der Waals surface area contributed by atoms with Crippen LogP contribution in [0.4, 0.5) is 0 Å². The van der Waals surface area contributed by atoms with Crippen LogP contribution in [-0.2, 0) is 42.8 Å². The van der Waals surface area contributed by atoms with Crippen molar-refractivity contribution in [2.24, 2.45) is 0 Å². The van der Waals surface area contributed by atoms with E-state index in [1.807, 2.05) is 60.7 Å². The predicted molar refractivity (Wildman–Crippen MR) is 133 cm³/mol. The zero-order valence-electron chi connectivity index (χ0n) is 19.8. The molecule has 1 aliphatic heterocycles. The summed E-state index contributed by atoms with van der Waals surface area (Å²) in [7, 11) is -1.39. The van der Waals surface area contributed by atoms with Gasteiger partial charge in [0.05, 0.1) is 12.6 Å². The molecule has 0 spiro atoms. The highest BCUT2D eigenvalue weighted by atomic mass is 32.2. The van der Waals surface area contributed by atoms with E-state index in [2.05, 4.69) is 5.32 Å². The number of rotatable bonds is 11. The molecule has 9 heteroatoms. The third kappa shape index (κ3) is 8.00. The number of nitrogens with zero attached hydrogens (tertiary/aromatic N) is 1. The van der Waals surface area contributed by atoms with Crippen molar-refractivity contribution >= 4 is 28.6 Å². The summed E-state index contributed by atoms with van der Waals surface area (Å²) in [5.41, 5.74) is 1.96. The summed E-state index contributed by atoms with van der Waals surface area (Å²) < 4.78 is 18.2. The molecular weight excluding hydrogens is 468 g/mol. The van der Waals surface area contributed by atoms with Crippen molar-refractivity contribution in [3.8, 4) is 0 Å². The second kappa shape index (κ2) is 13.2. The number of carbonyl (C=O) groups is 3. The van der Waals surface area contributed by atoms with Crippen molar-refractivity contribution in [3.63, 3.8) is 0 Å².